The van der Waals surface area contributed by atoms with Crippen LogP contribution in [0.2, 0.25) is 0 Å². The molecule has 8 heteroatoms. The van der Waals surface area contributed by atoms with E-state index in [4.69, 9.17) is 16.9 Å². The van der Waals surface area contributed by atoms with Crippen LogP contribution in [0.1, 0.15) is 21.5 Å². The van der Waals surface area contributed by atoms with Gasteiger partial charge in [-0.15, -0.1) is 24.8 Å². The van der Waals surface area contributed by atoms with Crippen LogP contribution in [0.3, 0.4) is 0 Å². The molecule has 0 aliphatic heterocycles. The first-order valence-electron chi connectivity index (χ1n) is 4.80. The van der Waals surface area contributed by atoms with Crippen LogP contribution >= 0.6 is 11.6 Å². The minimum absolute atomic E-state index is 0.109. The predicted molar refractivity (Wildman–Crippen MR) is 58.7 cm³/mol. The van der Waals surface area contributed by atoms with Crippen molar-refractivity contribution in [2.45, 2.75) is 12.2 Å². The van der Waals surface area contributed by atoms with Gasteiger partial charge in [-0.3, -0.25) is 0 Å². The molecule has 0 aromatic heterocycles. The molecular formula is C11H7ClF3NO3. The van der Waals surface area contributed by atoms with Crippen LogP contribution in [0.25, 0.3) is 0 Å². The van der Waals surface area contributed by atoms with E-state index in [9.17, 15) is 18.0 Å². The Hall–Kier alpha value is -1.94. The van der Waals surface area contributed by atoms with Gasteiger partial charge < -0.3 is 9.47 Å². The summed E-state index contributed by atoms with van der Waals surface area (Å²) in [5.74, 6) is -2.25. The number of benzene rings is 1. The van der Waals surface area contributed by atoms with Gasteiger partial charge in [-0.2, -0.15) is 5.26 Å². The largest absolute Gasteiger partial charge is 0.573 e. The summed E-state index contributed by atoms with van der Waals surface area (Å²) in [7, 11) is 1.01. The number of alkyl halides is 4. The van der Waals surface area contributed by atoms with E-state index >= 15 is 0 Å². The molecule has 0 radical (unpaired) electrons. The van der Waals surface area contributed by atoms with Crippen molar-refractivity contribution in [3.05, 3.63) is 28.8 Å². The van der Waals surface area contributed by atoms with Gasteiger partial charge >= 0.3 is 12.3 Å². The Kier molecular flexibility index (Phi) is 4.62. The fourth-order valence-corrected chi connectivity index (χ4v) is 1.63. The van der Waals surface area contributed by atoms with E-state index in [1.807, 2.05) is 0 Å². The van der Waals surface area contributed by atoms with Crippen LogP contribution < -0.4 is 4.74 Å². The van der Waals surface area contributed by atoms with E-state index in [1.165, 1.54) is 6.07 Å². The molecule has 0 fully saturated rings. The SMILES string of the molecule is COC(=O)c1ccc(C#N)c(CCl)c1OC(F)(F)F. The van der Waals surface area contributed by atoms with Gasteiger partial charge in [0.2, 0.25) is 0 Å². The van der Waals surface area contributed by atoms with E-state index in [2.05, 4.69) is 9.47 Å². The zero-order valence-corrected chi connectivity index (χ0v) is 10.3. The third-order valence-corrected chi connectivity index (χ3v) is 2.40. The van der Waals surface area contributed by atoms with Gasteiger partial charge in [0.25, 0.3) is 0 Å². The number of nitriles is 1. The number of ether oxygens (including phenoxy) is 2. The Morgan fingerprint density at radius 2 is 2.11 bits per heavy atom. The predicted octanol–water partition coefficient (Wildman–Crippen LogP) is 2.98. The molecule has 1 rings (SSSR count). The highest BCUT2D eigenvalue weighted by Crippen LogP contribution is 2.33. The van der Waals surface area contributed by atoms with Crippen LogP contribution in [0.5, 0.6) is 5.75 Å². The van der Waals surface area contributed by atoms with Gasteiger partial charge in [-0.05, 0) is 12.1 Å². The molecule has 0 unspecified atom stereocenters. The maximum absolute atomic E-state index is 12.3. The first-order valence-corrected chi connectivity index (χ1v) is 5.33. The first kappa shape index (κ1) is 15.1. The van der Waals surface area contributed by atoms with Crippen molar-refractivity contribution in [2.24, 2.45) is 0 Å². The van der Waals surface area contributed by atoms with E-state index in [0.29, 0.717) is 0 Å². The molecule has 0 atom stereocenters. The van der Waals surface area contributed by atoms with Gasteiger partial charge in [-0.1, -0.05) is 0 Å². The molecule has 0 spiro atoms. The fourth-order valence-electron chi connectivity index (χ4n) is 1.37. The summed E-state index contributed by atoms with van der Waals surface area (Å²) in [6.07, 6.45) is -5.02. The topological polar surface area (TPSA) is 59.3 Å². The summed E-state index contributed by atoms with van der Waals surface area (Å²) in [5, 5.41) is 8.80. The summed E-state index contributed by atoms with van der Waals surface area (Å²) < 4.78 is 45.2. The third kappa shape index (κ3) is 3.51. The van der Waals surface area contributed by atoms with Crippen LogP contribution in [-0.4, -0.2) is 19.4 Å². The number of hydrogen-bond donors (Lipinski definition) is 0. The average molecular weight is 294 g/mol. The first-order chi connectivity index (χ1) is 8.84. The molecule has 102 valence electrons. The van der Waals surface area contributed by atoms with Gasteiger partial charge in [0, 0.05) is 5.56 Å². The molecule has 1 aromatic rings. The highest BCUT2D eigenvalue weighted by Gasteiger charge is 2.35. The zero-order chi connectivity index (χ0) is 14.6. The highest BCUT2D eigenvalue weighted by atomic mass is 35.5. The van der Waals surface area contributed by atoms with Crippen molar-refractivity contribution in [3.63, 3.8) is 0 Å². The normalized spacial score (nSPS) is 10.7. The van der Waals surface area contributed by atoms with E-state index in [0.717, 1.165) is 13.2 Å². The Morgan fingerprint density at radius 3 is 2.53 bits per heavy atom. The van der Waals surface area contributed by atoms with Crippen LogP contribution in [0, 0.1) is 11.3 Å². The molecule has 1 aromatic carbocycles. The fraction of sp³-hybridized carbons (Fsp3) is 0.273. The summed E-state index contributed by atoms with van der Waals surface area (Å²) in [4.78, 5) is 11.4. The molecule has 0 amide bonds. The Balaban J connectivity index is 3.49. The van der Waals surface area contributed by atoms with Gasteiger partial charge in [0.05, 0.1) is 24.6 Å². The second-order valence-corrected chi connectivity index (χ2v) is 3.52. The van der Waals surface area contributed by atoms with Gasteiger partial charge in [0.1, 0.15) is 11.3 Å². The monoisotopic (exact) mass is 293 g/mol. The standard InChI is InChI=1S/C11H7ClF3NO3/c1-18-10(17)7-3-2-6(5-16)8(4-12)9(7)19-11(13,14)15/h2-3H,4H2,1H3. The van der Waals surface area contributed by atoms with Crippen LogP contribution in [-0.2, 0) is 10.6 Å². The molecule has 0 saturated carbocycles. The number of carbonyl (C=O) groups is 1. The maximum Gasteiger partial charge on any atom is 0.573 e. The summed E-state index contributed by atoms with van der Waals surface area (Å²) >= 11 is 5.51. The molecular weight excluding hydrogens is 287 g/mol. The molecule has 0 bridgehead atoms. The number of esters is 1. The minimum atomic E-state index is -5.02. The van der Waals surface area contributed by atoms with Crippen molar-refractivity contribution < 1.29 is 27.4 Å². The van der Waals surface area contributed by atoms with Crippen molar-refractivity contribution in [2.75, 3.05) is 7.11 Å². The van der Waals surface area contributed by atoms with E-state index in [1.54, 1.807) is 6.07 Å². The number of hydrogen-bond acceptors (Lipinski definition) is 4. The zero-order valence-electron chi connectivity index (χ0n) is 9.55. The van der Waals surface area contributed by atoms with Gasteiger partial charge in [0.15, 0.2) is 0 Å². The van der Waals surface area contributed by atoms with Gasteiger partial charge in [-0.25, -0.2) is 4.79 Å². The lowest BCUT2D eigenvalue weighted by Gasteiger charge is -2.16. The summed E-state index contributed by atoms with van der Waals surface area (Å²) in [6.45, 7) is 0. The number of nitrogens with zero attached hydrogens (tertiary/aromatic N) is 1. The molecule has 0 aliphatic rings. The molecule has 4 nitrogen and oxygen atoms in total. The van der Waals surface area contributed by atoms with E-state index < -0.39 is 29.5 Å². The Bertz CT molecular complexity index is 537. The van der Waals surface area contributed by atoms with Crippen molar-refractivity contribution in [1.29, 1.82) is 5.26 Å². The maximum atomic E-state index is 12.3. The highest BCUT2D eigenvalue weighted by molar-refractivity contribution is 6.17. The lowest BCUT2D eigenvalue weighted by molar-refractivity contribution is -0.275. The summed E-state index contributed by atoms with van der Waals surface area (Å²) in [6, 6.07) is 3.86. The quantitative estimate of drug-likeness (QED) is 0.635. The number of carbonyl (C=O) groups excluding carboxylic acids is 1. The van der Waals surface area contributed by atoms with Crippen molar-refractivity contribution >= 4 is 17.6 Å². The number of halogens is 4. The minimum Gasteiger partial charge on any atom is -0.465 e. The van der Waals surface area contributed by atoms with Crippen molar-refractivity contribution in [1.82, 2.24) is 0 Å². The van der Waals surface area contributed by atoms with Crippen LogP contribution in [0.15, 0.2) is 12.1 Å². The van der Waals surface area contributed by atoms with Crippen molar-refractivity contribution in [3.8, 4) is 11.8 Å². The average Bonchev–Trinajstić information content (AvgIpc) is 2.35. The molecule has 19 heavy (non-hydrogen) atoms. The van der Waals surface area contributed by atoms with Crippen LogP contribution in [0.4, 0.5) is 13.2 Å². The third-order valence-electron chi connectivity index (χ3n) is 2.14. The number of methoxy groups -OCH3 is 1. The Morgan fingerprint density at radius 1 is 1.47 bits per heavy atom. The molecule has 0 saturated heterocycles. The molecule has 0 N–H and O–H groups in total. The molecule has 0 heterocycles. The lowest BCUT2D eigenvalue weighted by atomic mass is 10.0. The molecule has 0 aliphatic carbocycles. The van der Waals surface area contributed by atoms with E-state index in [-0.39, 0.29) is 11.1 Å². The summed E-state index contributed by atoms with van der Waals surface area (Å²) in [5.41, 5.74) is -0.777. The lowest BCUT2D eigenvalue weighted by Crippen LogP contribution is -2.21. The Labute approximate surface area is 111 Å². The second-order valence-electron chi connectivity index (χ2n) is 3.25. The number of rotatable bonds is 3. The second kappa shape index (κ2) is 5.80. The smallest absolute Gasteiger partial charge is 0.465 e.